The maximum absolute atomic E-state index is 13.9. The second-order valence-electron chi connectivity index (χ2n) is 10.3. The molecule has 0 aromatic heterocycles. The van der Waals surface area contributed by atoms with Crippen molar-refractivity contribution < 1.29 is 22.3 Å². The van der Waals surface area contributed by atoms with Gasteiger partial charge in [-0.05, 0) is 94.7 Å². The number of hydrogen-bond acceptors (Lipinski definition) is 4. The molecule has 1 saturated carbocycles. The van der Waals surface area contributed by atoms with Gasteiger partial charge in [0.15, 0.2) is 0 Å². The highest BCUT2D eigenvalue weighted by Crippen LogP contribution is 2.43. The Morgan fingerprint density at radius 1 is 1.19 bits per heavy atom. The Labute approximate surface area is 210 Å². The molecule has 0 amide bonds. The van der Waals surface area contributed by atoms with Crippen LogP contribution in [0.5, 0.6) is 0 Å². The minimum Gasteiger partial charge on any atom is -0.397 e. The monoisotopic (exact) mass is 505 g/mol. The van der Waals surface area contributed by atoms with Gasteiger partial charge >= 0.3 is 6.18 Å². The van der Waals surface area contributed by atoms with Crippen LogP contribution in [0.4, 0.5) is 28.9 Å². The fourth-order valence-corrected chi connectivity index (χ4v) is 4.99. The second-order valence-corrected chi connectivity index (χ2v) is 10.3. The van der Waals surface area contributed by atoms with E-state index >= 15 is 0 Å². The molecule has 0 unspecified atom stereocenters. The standard InChI is InChI=1S/C28H35F4N3O/c1-4-35(17-20-5-6-20)25-16-22(28(30,31)32)15-24(26(25)33)19(2)36-18-27(11-13-34(3)14-12-27)21-7-9-23(29)10-8-21/h4,7-10,15-16,19-20H,1,5-6,11-14,17-18,33H2,2-3H3/t19-/m0/s1. The lowest BCUT2D eigenvalue weighted by Gasteiger charge is -2.41. The number of alkyl halides is 3. The summed E-state index contributed by atoms with van der Waals surface area (Å²) in [5.41, 5.74) is 7.23. The van der Waals surface area contributed by atoms with Crippen molar-refractivity contribution in [3.05, 3.63) is 71.7 Å². The predicted octanol–water partition coefficient (Wildman–Crippen LogP) is 6.53. The molecule has 0 spiro atoms. The average Bonchev–Trinajstić information content (AvgIpc) is 3.66. The number of nitrogen functional groups attached to an aromatic ring is 1. The zero-order valence-electron chi connectivity index (χ0n) is 21.0. The van der Waals surface area contributed by atoms with Gasteiger partial charge in [0.05, 0.1) is 29.6 Å². The number of ether oxygens (including phenoxy) is 1. The molecule has 4 rings (SSSR count). The normalized spacial score (nSPS) is 19.2. The first kappa shape index (κ1) is 26.5. The third-order valence-corrected chi connectivity index (χ3v) is 7.65. The Hall–Kier alpha value is -2.58. The van der Waals surface area contributed by atoms with E-state index in [-0.39, 0.29) is 16.9 Å². The number of anilines is 2. The van der Waals surface area contributed by atoms with E-state index in [2.05, 4.69) is 18.5 Å². The van der Waals surface area contributed by atoms with Crippen LogP contribution in [0.2, 0.25) is 0 Å². The third kappa shape index (κ3) is 5.86. The molecule has 8 heteroatoms. The second kappa shape index (κ2) is 10.4. The molecule has 196 valence electrons. The zero-order valence-corrected chi connectivity index (χ0v) is 21.0. The lowest BCUT2D eigenvalue weighted by atomic mass is 9.73. The minimum absolute atomic E-state index is 0.273. The molecule has 1 heterocycles. The highest BCUT2D eigenvalue weighted by atomic mass is 19.4. The number of nitrogens with two attached hydrogens (primary N) is 1. The average molecular weight is 506 g/mol. The molecule has 2 N–H and O–H groups in total. The largest absolute Gasteiger partial charge is 0.416 e. The van der Waals surface area contributed by atoms with E-state index in [9.17, 15) is 17.6 Å². The Morgan fingerprint density at radius 2 is 1.83 bits per heavy atom. The van der Waals surface area contributed by atoms with Crippen molar-refractivity contribution >= 4 is 11.4 Å². The highest BCUT2D eigenvalue weighted by molar-refractivity contribution is 5.74. The molecule has 2 aromatic carbocycles. The summed E-state index contributed by atoms with van der Waals surface area (Å²) >= 11 is 0. The van der Waals surface area contributed by atoms with Crippen LogP contribution in [0.25, 0.3) is 0 Å². The molecule has 1 aliphatic carbocycles. The quantitative estimate of drug-likeness (QED) is 0.311. The van der Waals surface area contributed by atoms with Gasteiger partial charge < -0.3 is 20.3 Å². The smallest absolute Gasteiger partial charge is 0.397 e. The molecule has 1 aliphatic heterocycles. The maximum Gasteiger partial charge on any atom is 0.416 e. The van der Waals surface area contributed by atoms with Crippen molar-refractivity contribution in [2.45, 2.75) is 50.3 Å². The molecular weight excluding hydrogens is 470 g/mol. The van der Waals surface area contributed by atoms with Crippen molar-refractivity contribution in [1.29, 1.82) is 0 Å². The van der Waals surface area contributed by atoms with Crippen molar-refractivity contribution in [3.8, 4) is 0 Å². The van der Waals surface area contributed by atoms with Crippen molar-refractivity contribution in [2.75, 3.05) is 43.9 Å². The first-order chi connectivity index (χ1) is 17.0. The van der Waals surface area contributed by atoms with Gasteiger partial charge in [0, 0.05) is 17.5 Å². The van der Waals surface area contributed by atoms with Crippen LogP contribution < -0.4 is 10.6 Å². The summed E-state index contributed by atoms with van der Waals surface area (Å²) in [6.07, 6.45) is 0.0597. The van der Waals surface area contributed by atoms with E-state index in [1.807, 2.05) is 0 Å². The van der Waals surface area contributed by atoms with Gasteiger partial charge in [0.1, 0.15) is 5.82 Å². The number of likely N-dealkylation sites (tertiary alicyclic amines) is 1. The number of piperidine rings is 1. The van der Waals surface area contributed by atoms with E-state index in [0.29, 0.717) is 30.3 Å². The van der Waals surface area contributed by atoms with Crippen LogP contribution in [-0.2, 0) is 16.3 Å². The fraction of sp³-hybridized carbons (Fsp3) is 0.500. The summed E-state index contributed by atoms with van der Waals surface area (Å²) in [6.45, 7) is 8.12. The minimum atomic E-state index is -4.52. The molecule has 2 fully saturated rings. The predicted molar refractivity (Wildman–Crippen MR) is 135 cm³/mol. The lowest BCUT2D eigenvalue weighted by molar-refractivity contribution is -0.137. The molecule has 1 saturated heterocycles. The van der Waals surface area contributed by atoms with Crippen LogP contribution in [0.15, 0.2) is 49.2 Å². The molecule has 4 nitrogen and oxygen atoms in total. The van der Waals surface area contributed by atoms with Gasteiger partial charge in [0.25, 0.3) is 0 Å². The van der Waals surface area contributed by atoms with Crippen LogP contribution in [0.3, 0.4) is 0 Å². The maximum atomic E-state index is 13.9. The molecule has 1 atom stereocenters. The summed E-state index contributed by atoms with van der Waals surface area (Å²) in [5.74, 6) is 0.132. The number of rotatable bonds is 9. The zero-order chi connectivity index (χ0) is 26.1. The molecule has 2 aliphatic rings. The molecule has 0 bridgehead atoms. The van der Waals surface area contributed by atoms with Crippen molar-refractivity contribution in [2.24, 2.45) is 5.92 Å². The summed E-state index contributed by atoms with van der Waals surface area (Å²) < 4.78 is 61.5. The summed E-state index contributed by atoms with van der Waals surface area (Å²) in [7, 11) is 2.05. The number of hydrogen-bond donors (Lipinski definition) is 1. The lowest BCUT2D eigenvalue weighted by Crippen LogP contribution is -2.44. The number of nitrogens with zero attached hydrogens (tertiary/aromatic N) is 2. The molecule has 0 radical (unpaired) electrons. The number of halogens is 4. The van der Waals surface area contributed by atoms with E-state index in [4.69, 9.17) is 10.5 Å². The van der Waals surface area contributed by atoms with E-state index in [1.54, 1.807) is 30.2 Å². The van der Waals surface area contributed by atoms with Crippen LogP contribution in [0.1, 0.15) is 55.4 Å². The highest BCUT2D eigenvalue weighted by Gasteiger charge is 2.38. The fourth-order valence-electron chi connectivity index (χ4n) is 4.99. The van der Waals surface area contributed by atoms with Crippen molar-refractivity contribution in [3.63, 3.8) is 0 Å². The van der Waals surface area contributed by atoms with Gasteiger partial charge in [-0.25, -0.2) is 4.39 Å². The van der Waals surface area contributed by atoms with Crippen molar-refractivity contribution in [1.82, 2.24) is 4.90 Å². The van der Waals surface area contributed by atoms with Gasteiger partial charge in [0.2, 0.25) is 0 Å². The molecule has 36 heavy (non-hydrogen) atoms. The van der Waals surface area contributed by atoms with Gasteiger partial charge in [-0.1, -0.05) is 18.7 Å². The Kier molecular flexibility index (Phi) is 7.67. The Balaban J connectivity index is 1.63. The molecule has 2 aromatic rings. The van der Waals surface area contributed by atoms with E-state index in [1.165, 1.54) is 12.1 Å². The first-order valence-corrected chi connectivity index (χ1v) is 12.5. The Morgan fingerprint density at radius 3 is 2.39 bits per heavy atom. The SMILES string of the molecule is C=CN(CC1CC1)c1cc(C(F)(F)F)cc([C@H](C)OCC2(c3ccc(F)cc3)CCN(C)CC2)c1N. The van der Waals surface area contributed by atoms with E-state index in [0.717, 1.165) is 56.5 Å². The number of benzene rings is 2. The van der Waals surface area contributed by atoms with Gasteiger partial charge in [-0.2, -0.15) is 13.2 Å². The van der Waals surface area contributed by atoms with E-state index < -0.39 is 17.8 Å². The first-order valence-electron chi connectivity index (χ1n) is 12.5. The summed E-state index contributed by atoms with van der Waals surface area (Å²) in [4.78, 5) is 3.95. The Bertz CT molecular complexity index is 1060. The van der Waals surface area contributed by atoms with Gasteiger partial charge in [-0.15, -0.1) is 0 Å². The third-order valence-electron chi connectivity index (χ3n) is 7.65. The van der Waals surface area contributed by atoms with Crippen LogP contribution >= 0.6 is 0 Å². The summed E-state index contributed by atoms with van der Waals surface area (Å²) in [6, 6.07) is 8.66. The van der Waals surface area contributed by atoms with Crippen LogP contribution in [0, 0.1) is 11.7 Å². The topological polar surface area (TPSA) is 41.7 Å². The summed E-state index contributed by atoms with van der Waals surface area (Å²) in [5, 5.41) is 0. The van der Waals surface area contributed by atoms with Crippen LogP contribution in [-0.4, -0.2) is 38.2 Å². The molecular formula is C28H35F4N3O. The van der Waals surface area contributed by atoms with Gasteiger partial charge in [-0.3, -0.25) is 0 Å².